The van der Waals surface area contributed by atoms with Crippen molar-refractivity contribution in [2.45, 2.75) is 5.75 Å². The molecule has 0 unspecified atom stereocenters. The molecule has 1 N–H and O–H groups in total. The fourth-order valence-electron chi connectivity index (χ4n) is 3.21. The summed E-state index contributed by atoms with van der Waals surface area (Å²) < 4.78 is 29.7. The van der Waals surface area contributed by atoms with Crippen LogP contribution in [0.3, 0.4) is 0 Å². The third kappa shape index (κ3) is 3.98. The molecule has 0 bridgehead atoms. The van der Waals surface area contributed by atoms with E-state index in [0.717, 1.165) is 16.5 Å². The molecule has 1 aliphatic rings. The summed E-state index contributed by atoms with van der Waals surface area (Å²) >= 11 is 0. The molecule has 1 aromatic carbocycles. The second-order valence-electron chi connectivity index (χ2n) is 6.61. The molecule has 8 nitrogen and oxygen atoms in total. The fourth-order valence-corrected chi connectivity index (χ4v) is 4.10. The first-order valence-corrected chi connectivity index (χ1v) is 10.7. The van der Waals surface area contributed by atoms with Gasteiger partial charge >= 0.3 is 0 Å². The van der Waals surface area contributed by atoms with E-state index < -0.39 is 15.6 Å². The minimum absolute atomic E-state index is 0.292. The van der Waals surface area contributed by atoms with Crippen LogP contribution < -0.4 is 4.90 Å². The Labute approximate surface area is 162 Å². The molecule has 0 saturated carbocycles. The first-order chi connectivity index (χ1) is 13.5. The minimum Gasteiger partial charge on any atom is -0.378 e. The first-order valence-electron chi connectivity index (χ1n) is 8.90. The number of morpholine rings is 1. The van der Waals surface area contributed by atoms with Gasteiger partial charge < -0.3 is 14.6 Å². The zero-order chi connectivity index (χ0) is 19.6. The Morgan fingerprint density at radius 1 is 1.18 bits per heavy atom. The highest BCUT2D eigenvalue weighted by atomic mass is 32.2. The van der Waals surface area contributed by atoms with E-state index in [1.54, 1.807) is 12.1 Å². The van der Waals surface area contributed by atoms with Crippen molar-refractivity contribution in [2.24, 2.45) is 0 Å². The van der Waals surface area contributed by atoms with E-state index in [2.05, 4.69) is 19.9 Å². The summed E-state index contributed by atoms with van der Waals surface area (Å²) in [4.78, 5) is 14.4. The zero-order valence-corrected chi connectivity index (χ0v) is 15.9. The third-order valence-corrected chi connectivity index (χ3v) is 5.87. The number of rotatable bonds is 5. The molecule has 3 heterocycles. The smallest absolute Gasteiger partial charge is 0.169 e. The van der Waals surface area contributed by atoms with E-state index in [9.17, 15) is 8.42 Å². The molecule has 1 aliphatic heterocycles. The quantitative estimate of drug-likeness (QED) is 0.700. The maximum atomic E-state index is 12.2. The summed E-state index contributed by atoms with van der Waals surface area (Å²) in [5.41, 5.74) is 2.20. The number of H-pyrrole nitrogens is 1. The Hall–Kier alpha value is -2.96. The van der Waals surface area contributed by atoms with Gasteiger partial charge in [0.15, 0.2) is 15.7 Å². The van der Waals surface area contributed by atoms with Gasteiger partial charge in [-0.05, 0) is 24.3 Å². The van der Waals surface area contributed by atoms with Crippen molar-refractivity contribution in [1.29, 1.82) is 5.26 Å². The monoisotopic (exact) mass is 397 g/mol. The number of aromatic nitrogens is 3. The molecule has 1 saturated heterocycles. The lowest BCUT2D eigenvalue weighted by atomic mass is 10.1. The highest BCUT2D eigenvalue weighted by molar-refractivity contribution is 7.90. The van der Waals surface area contributed by atoms with Gasteiger partial charge in [0, 0.05) is 41.8 Å². The van der Waals surface area contributed by atoms with Gasteiger partial charge in [0.05, 0.1) is 30.7 Å². The van der Waals surface area contributed by atoms with Crippen molar-refractivity contribution in [1.82, 2.24) is 15.0 Å². The van der Waals surface area contributed by atoms with Gasteiger partial charge in [0.1, 0.15) is 11.6 Å². The van der Waals surface area contributed by atoms with Crippen LogP contribution in [0, 0.1) is 11.3 Å². The molecule has 28 heavy (non-hydrogen) atoms. The highest BCUT2D eigenvalue weighted by Crippen LogP contribution is 2.25. The number of hydrogen-bond donors (Lipinski definition) is 1. The van der Waals surface area contributed by atoms with Gasteiger partial charge in [0.25, 0.3) is 0 Å². The van der Waals surface area contributed by atoms with Crippen LogP contribution in [0.4, 0.5) is 5.82 Å². The molecule has 2 aromatic heterocycles. The SMILES string of the molecule is N#CCS(=O)(=O)Cc1cc(N2CCOCC2)nc(-c2ccc3[nH]ccc3c2)n1. The molecule has 144 valence electrons. The first kappa shape index (κ1) is 18.4. The maximum absolute atomic E-state index is 12.2. The van der Waals surface area contributed by atoms with Crippen LogP contribution in [0.5, 0.6) is 0 Å². The molecule has 9 heteroatoms. The van der Waals surface area contributed by atoms with Gasteiger partial charge in [-0.2, -0.15) is 5.26 Å². The number of anilines is 1. The number of fused-ring (bicyclic) bond motifs is 1. The Bertz CT molecular complexity index is 1140. The van der Waals surface area contributed by atoms with Crippen molar-refractivity contribution in [3.8, 4) is 17.5 Å². The van der Waals surface area contributed by atoms with E-state index in [1.165, 1.54) is 0 Å². The topological polar surface area (TPSA) is 112 Å². The number of benzene rings is 1. The van der Waals surface area contributed by atoms with Crippen LogP contribution in [-0.4, -0.2) is 55.4 Å². The van der Waals surface area contributed by atoms with Crippen LogP contribution in [0.1, 0.15) is 5.69 Å². The van der Waals surface area contributed by atoms with E-state index >= 15 is 0 Å². The Kier molecular flexibility index (Phi) is 4.98. The Morgan fingerprint density at radius 3 is 2.79 bits per heavy atom. The molecular formula is C19H19N5O3S. The van der Waals surface area contributed by atoms with Gasteiger partial charge in [-0.1, -0.05) is 0 Å². The van der Waals surface area contributed by atoms with Crippen LogP contribution in [0.15, 0.2) is 36.5 Å². The van der Waals surface area contributed by atoms with Gasteiger partial charge in [0.2, 0.25) is 0 Å². The second-order valence-corrected chi connectivity index (χ2v) is 8.68. The Balaban J connectivity index is 1.77. The van der Waals surface area contributed by atoms with E-state index in [4.69, 9.17) is 10.00 Å². The summed E-state index contributed by atoms with van der Waals surface area (Å²) in [6.07, 6.45) is 1.86. The van der Waals surface area contributed by atoms with Gasteiger partial charge in [-0.15, -0.1) is 0 Å². The number of nitrogens with zero attached hydrogens (tertiary/aromatic N) is 4. The standard InChI is InChI=1S/C19H19N5O3S/c20-4-10-28(25,26)13-16-12-18(24-6-8-27-9-7-24)23-19(22-16)15-1-2-17-14(11-15)3-5-21-17/h1-3,5,11-12,21H,6-10,13H2. The average Bonchev–Trinajstić information content (AvgIpc) is 3.16. The van der Waals surface area contributed by atoms with Crippen molar-refractivity contribution < 1.29 is 13.2 Å². The summed E-state index contributed by atoms with van der Waals surface area (Å²) in [5.74, 6) is 0.313. The lowest BCUT2D eigenvalue weighted by molar-refractivity contribution is 0.122. The van der Waals surface area contributed by atoms with Crippen molar-refractivity contribution in [2.75, 3.05) is 37.0 Å². The molecule has 3 aromatic rings. The molecule has 0 atom stereocenters. The number of ether oxygens (including phenoxy) is 1. The van der Waals surface area contributed by atoms with E-state index in [0.29, 0.717) is 43.6 Å². The molecule has 0 radical (unpaired) electrons. The molecule has 1 fully saturated rings. The summed E-state index contributed by atoms with van der Waals surface area (Å²) in [7, 11) is -3.56. The number of hydrogen-bond acceptors (Lipinski definition) is 7. The predicted molar refractivity (Wildman–Crippen MR) is 105 cm³/mol. The van der Waals surface area contributed by atoms with Crippen LogP contribution in [0.25, 0.3) is 22.3 Å². The lowest BCUT2D eigenvalue weighted by Crippen LogP contribution is -2.37. The molecule has 4 rings (SSSR count). The summed E-state index contributed by atoms with van der Waals surface area (Å²) in [6, 6.07) is 11.2. The number of nitrogens with one attached hydrogen (secondary N) is 1. The minimum atomic E-state index is -3.56. The molecule has 0 amide bonds. The van der Waals surface area contributed by atoms with E-state index in [-0.39, 0.29) is 5.75 Å². The zero-order valence-electron chi connectivity index (χ0n) is 15.1. The van der Waals surface area contributed by atoms with Crippen molar-refractivity contribution in [3.05, 3.63) is 42.2 Å². The normalized spacial score (nSPS) is 14.9. The maximum Gasteiger partial charge on any atom is 0.169 e. The number of aromatic amines is 1. The van der Waals surface area contributed by atoms with Crippen LogP contribution in [0.2, 0.25) is 0 Å². The second kappa shape index (κ2) is 7.58. The number of sulfone groups is 1. The van der Waals surface area contributed by atoms with Crippen molar-refractivity contribution in [3.63, 3.8) is 0 Å². The highest BCUT2D eigenvalue weighted by Gasteiger charge is 2.19. The van der Waals surface area contributed by atoms with Crippen LogP contribution >= 0.6 is 0 Å². The fraction of sp³-hybridized carbons (Fsp3) is 0.316. The van der Waals surface area contributed by atoms with Gasteiger partial charge in [-0.3, -0.25) is 0 Å². The average molecular weight is 397 g/mol. The van der Waals surface area contributed by atoms with Gasteiger partial charge in [-0.25, -0.2) is 18.4 Å². The lowest BCUT2D eigenvalue weighted by Gasteiger charge is -2.28. The molecular weight excluding hydrogens is 378 g/mol. The van der Waals surface area contributed by atoms with E-state index in [1.807, 2.05) is 30.5 Å². The Morgan fingerprint density at radius 2 is 2.00 bits per heavy atom. The largest absolute Gasteiger partial charge is 0.378 e. The number of nitriles is 1. The van der Waals surface area contributed by atoms with Crippen LogP contribution in [-0.2, 0) is 20.3 Å². The third-order valence-electron chi connectivity index (χ3n) is 4.56. The van der Waals surface area contributed by atoms with Crippen molar-refractivity contribution >= 4 is 26.6 Å². The summed E-state index contributed by atoms with van der Waals surface area (Å²) in [5, 5.41) is 9.79. The summed E-state index contributed by atoms with van der Waals surface area (Å²) in [6.45, 7) is 2.54. The predicted octanol–water partition coefficient (Wildman–Crippen LogP) is 1.90. The molecule has 0 aliphatic carbocycles. The molecule has 0 spiro atoms.